The molecule has 2 rings (SSSR count). The first kappa shape index (κ1) is 14.1. The topological polar surface area (TPSA) is 37.6 Å². The number of fused-ring (bicyclic) bond motifs is 1. The Morgan fingerprint density at radius 1 is 1.40 bits per heavy atom. The molecule has 1 amide bonds. The van der Waals surface area contributed by atoms with E-state index in [1.54, 1.807) is 17.1 Å². The summed E-state index contributed by atoms with van der Waals surface area (Å²) in [6.45, 7) is 10.4. The van der Waals surface area contributed by atoms with Gasteiger partial charge >= 0.3 is 0 Å². The molecule has 0 fully saturated rings. The summed E-state index contributed by atoms with van der Waals surface area (Å²) in [6.07, 6.45) is 7.57. The summed E-state index contributed by atoms with van der Waals surface area (Å²) in [4.78, 5) is 18.5. The van der Waals surface area contributed by atoms with Crippen LogP contribution < -0.4 is 0 Å². The lowest BCUT2D eigenvalue weighted by molar-refractivity contribution is -0.129. The number of amides is 1. The quantitative estimate of drug-likeness (QED) is 0.755. The minimum atomic E-state index is 0.0332. The van der Waals surface area contributed by atoms with Crippen LogP contribution in [0.4, 0.5) is 0 Å². The first-order chi connectivity index (χ1) is 9.65. The standard InChI is InChI=1S/C16H19N3O/c1-4-8-18(9-5-2)15(20)11-14-12-19-10-6-7-13(3)16(19)17-14/h4-7,10,12H,1-2,8-9,11H2,3H3. The highest BCUT2D eigenvalue weighted by Crippen LogP contribution is 2.11. The number of rotatable bonds is 6. The summed E-state index contributed by atoms with van der Waals surface area (Å²) in [6, 6.07) is 3.98. The summed E-state index contributed by atoms with van der Waals surface area (Å²) >= 11 is 0. The van der Waals surface area contributed by atoms with Gasteiger partial charge in [-0.05, 0) is 18.6 Å². The van der Waals surface area contributed by atoms with Gasteiger partial charge in [0.05, 0.1) is 12.1 Å². The number of carbonyl (C=O) groups is 1. The van der Waals surface area contributed by atoms with Crippen molar-refractivity contribution in [1.29, 1.82) is 0 Å². The van der Waals surface area contributed by atoms with Gasteiger partial charge in [0.2, 0.25) is 5.91 Å². The van der Waals surface area contributed by atoms with E-state index in [4.69, 9.17) is 0 Å². The number of aryl methyl sites for hydroxylation is 1. The van der Waals surface area contributed by atoms with Gasteiger partial charge in [-0.3, -0.25) is 4.79 Å². The first-order valence-electron chi connectivity index (χ1n) is 6.58. The van der Waals surface area contributed by atoms with Crippen LogP contribution in [0.1, 0.15) is 11.3 Å². The molecule has 0 saturated heterocycles. The highest BCUT2D eigenvalue weighted by atomic mass is 16.2. The Morgan fingerprint density at radius 2 is 2.10 bits per heavy atom. The van der Waals surface area contributed by atoms with Gasteiger partial charge < -0.3 is 9.30 Å². The maximum absolute atomic E-state index is 12.2. The second kappa shape index (κ2) is 6.19. The van der Waals surface area contributed by atoms with Crippen molar-refractivity contribution >= 4 is 11.6 Å². The van der Waals surface area contributed by atoms with E-state index in [0.717, 1.165) is 16.9 Å². The summed E-state index contributed by atoms with van der Waals surface area (Å²) < 4.78 is 1.95. The molecule has 0 unspecified atom stereocenters. The zero-order valence-corrected chi connectivity index (χ0v) is 11.7. The smallest absolute Gasteiger partial charge is 0.229 e. The molecule has 0 aliphatic rings. The molecule has 0 aliphatic carbocycles. The van der Waals surface area contributed by atoms with Crippen molar-refractivity contribution < 1.29 is 4.79 Å². The fraction of sp³-hybridized carbons (Fsp3) is 0.250. The zero-order chi connectivity index (χ0) is 14.5. The van der Waals surface area contributed by atoms with Crippen LogP contribution in [0.5, 0.6) is 0 Å². The van der Waals surface area contributed by atoms with E-state index in [1.165, 1.54) is 0 Å². The van der Waals surface area contributed by atoms with E-state index in [9.17, 15) is 4.79 Å². The fourth-order valence-corrected chi connectivity index (χ4v) is 2.15. The van der Waals surface area contributed by atoms with Crippen LogP contribution in [-0.4, -0.2) is 33.3 Å². The Labute approximate surface area is 119 Å². The Morgan fingerprint density at radius 3 is 2.70 bits per heavy atom. The lowest BCUT2D eigenvalue weighted by Gasteiger charge is -2.18. The fourth-order valence-electron chi connectivity index (χ4n) is 2.15. The van der Waals surface area contributed by atoms with Crippen LogP contribution in [0.25, 0.3) is 5.65 Å². The molecular weight excluding hydrogens is 250 g/mol. The Hall–Kier alpha value is -2.36. The summed E-state index contributed by atoms with van der Waals surface area (Å²) in [5, 5.41) is 0. The third kappa shape index (κ3) is 2.96. The van der Waals surface area contributed by atoms with E-state index >= 15 is 0 Å². The molecule has 0 aromatic carbocycles. The highest BCUT2D eigenvalue weighted by molar-refractivity contribution is 5.78. The van der Waals surface area contributed by atoms with Gasteiger partial charge in [-0.1, -0.05) is 18.2 Å². The molecule has 4 nitrogen and oxygen atoms in total. The molecule has 0 aliphatic heterocycles. The van der Waals surface area contributed by atoms with Crippen LogP contribution >= 0.6 is 0 Å². The number of hydrogen-bond acceptors (Lipinski definition) is 2. The normalized spacial score (nSPS) is 10.4. The average molecular weight is 269 g/mol. The van der Waals surface area contributed by atoms with Gasteiger partial charge in [0.15, 0.2) is 0 Å². The molecule has 4 heteroatoms. The van der Waals surface area contributed by atoms with Gasteiger partial charge in [-0.15, -0.1) is 13.2 Å². The highest BCUT2D eigenvalue weighted by Gasteiger charge is 2.14. The molecule has 0 N–H and O–H groups in total. The van der Waals surface area contributed by atoms with Crippen molar-refractivity contribution in [3.63, 3.8) is 0 Å². The maximum atomic E-state index is 12.2. The molecule has 0 bridgehead atoms. The minimum absolute atomic E-state index is 0.0332. The molecule has 20 heavy (non-hydrogen) atoms. The summed E-state index contributed by atoms with van der Waals surface area (Å²) in [5.74, 6) is 0.0332. The minimum Gasteiger partial charge on any atom is -0.335 e. The molecule has 0 saturated carbocycles. The van der Waals surface area contributed by atoms with Crippen molar-refractivity contribution in [3.8, 4) is 0 Å². The second-order valence-corrected chi connectivity index (χ2v) is 4.71. The van der Waals surface area contributed by atoms with Crippen molar-refractivity contribution in [2.45, 2.75) is 13.3 Å². The molecule has 2 heterocycles. The van der Waals surface area contributed by atoms with Crippen LogP contribution in [0.2, 0.25) is 0 Å². The van der Waals surface area contributed by atoms with Gasteiger partial charge in [-0.25, -0.2) is 4.98 Å². The summed E-state index contributed by atoms with van der Waals surface area (Å²) in [7, 11) is 0. The number of aromatic nitrogens is 2. The number of hydrogen-bond donors (Lipinski definition) is 0. The molecule has 0 radical (unpaired) electrons. The predicted octanol–water partition coefficient (Wildman–Crippen LogP) is 2.39. The number of carbonyl (C=O) groups excluding carboxylic acids is 1. The van der Waals surface area contributed by atoms with Gasteiger partial charge in [0.25, 0.3) is 0 Å². The van der Waals surface area contributed by atoms with Crippen molar-refractivity contribution in [2.75, 3.05) is 13.1 Å². The Kier molecular flexibility index (Phi) is 4.35. The largest absolute Gasteiger partial charge is 0.335 e. The second-order valence-electron chi connectivity index (χ2n) is 4.71. The van der Waals surface area contributed by atoms with Crippen LogP contribution in [-0.2, 0) is 11.2 Å². The Bertz CT molecular complexity index is 632. The van der Waals surface area contributed by atoms with Gasteiger partial charge in [-0.2, -0.15) is 0 Å². The molecule has 0 atom stereocenters. The van der Waals surface area contributed by atoms with E-state index in [0.29, 0.717) is 19.5 Å². The van der Waals surface area contributed by atoms with Crippen LogP contribution in [0.3, 0.4) is 0 Å². The van der Waals surface area contributed by atoms with Gasteiger partial charge in [0.1, 0.15) is 5.65 Å². The van der Waals surface area contributed by atoms with Crippen molar-refractivity contribution in [2.24, 2.45) is 0 Å². The van der Waals surface area contributed by atoms with Crippen molar-refractivity contribution in [3.05, 3.63) is 61.1 Å². The number of imidazole rings is 1. The summed E-state index contributed by atoms with van der Waals surface area (Å²) in [5.41, 5.74) is 2.77. The van der Waals surface area contributed by atoms with Crippen molar-refractivity contribution in [1.82, 2.24) is 14.3 Å². The van der Waals surface area contributed by atoms with E-state index in [2.05, 4.69) is 18.1 Å². The monoisotopic (exact) mass is 269 g/mol. The van der Waals surface area contributed by atoms with E-state index in [-0.39, 0.29) is 5.91 Å². The maximum Gasteiger partial charge on any atom is 0.229 e. The van der Waals surface area contributed by atoms with Crippen LogP contribution in [0.15, 0.2) is 49.8 Å². The van der Waals surface area contributed by atoms with Crippen LogP contribution in [0, 0.1) is 6.92 Å². The molecule has 2 aromatic heterocycles. The zero-order valence-electron chi connectivity index (χ0n) is 11.7. The molecule has 2 aromatic rings. The predicted molar refractivity (Wildman–Crippen MR) is 80.6 cm³/mol. The first-order valence-corrected chi connectivity index (χ1v) is 6.58. The van der Waals surface area contributed by atoms with E-state index < -0.39 is 0 Å². The number of nitrogens with zero attached hydrogens (tertiary/aromatic N) is 3. The number of pyridine rings is 1. The third-order valence-corrected chi connectivity index (χ3v) is 3.11. The van der Waals surface area contributed by atoms with Gasteiger partial charge in [0, 0.05) is 25.5 Å². The lowest BCUT2D eigenvalue weighted by atomic mass is 10.3. The molecule has 104 valence electrons. The Balaban J connectivity index is 2.18. The molecular formula is C16H19N3O. The SMILES string of the molecule is C=CCN(CC=C)C(=O)Cc1cn2cccc(C)c2n1. The lowest BCUT2D eigenvalue weighted by Crippen LogP contribution is -2.32. The van der Waals surface area contributed by atoms with E-state index in [1.807, 2.05) is 35.9 Å². The molecule has 0 spiro atoms. The average Bonchev–Trinajstić information content (AvgIpc) is 2.82. The third-order valence-electron chi connectivity index (χ3n) is 3.11.